The van der Waals surface area contributed by atoms with Crippen LogP contribution in [-0.4, -0.2) is 42.3 Å². The van der Waals surface area contributed by atoms with Crippen LogP contribution in [0.15, 0.2) is 54.9 Å². The number of alkyl halides is 3. The Labute approximate surface area is 191 Å². The standard InChI is InChI=1S/C24H15F3N4O3/c25-24(26,27)17-5-6-28-9-16(17)14-3-1-13(2-4-14)15-7-19(30-11-22(30)33)20(31-12-23(31)34)8-18(15)29-10-21(29)32/h1-9H,10-12H2. The third-order valence-corrected chi connectivity index (χ3v) is 6.07. The molecule has 7 nitrogen and oxygen atoms in total. The van der Waals surface area contributed by atoms with Gasteiger partial charge in [0.05, 0.1) is 22.6 Å². The fraction of sp³-hybridized carbons (Fsp3) is 0.167. The number of carbonyl (C=O) groups is 3. The van der Waals surface area contributed by atoms with E-state index in [2.05, 4.69) is 4.98 Å². The number of rotatable bonds is 5. The first kappa shape index (κ1) is 20.4. The second-order valence-corrected chi connectivity index (χ2v) is 8.29. The summed E-state index contributed by atoms with van der Waals surface area (Å²) in [6, 6.07) is 10.9. The Morgan fingerprint density at radius 3 is 1.65 bits per heavy atom. The van der Waals surface area contributed by atoms with Crippen molar-refractivity contribution in [2.45, 2.75) is 6.18 Å². The molecule has 3 aliphatic heterocycles. The molecule has 4 heterocycles. The highest BCUT2D eigenvalue weighted by molar-refractivity contribution is 6.21. The summed E-state index contributed by atoms with van der Waals surface area (Å²) in [5.74, 6) is -0.238. The number of amides is 3. The van der Waals surface area contributed by atoms with E-state index in [1.54, 1.807) is 41.3 Å². The summed E-state index contributed by atoms with van der Waals surface area (Å²) in [6.07, 6.45) is -2.24. The Kier molecular flexibility index (Phi) is 4.14. The van der Waals surface area contributed by atoms with Gasteiger partial charge in [0.15, 0.2) is 0 Å². The Morgan fingerprint density at radius 1 is 0.676 bits per heavy atom. The lowest BCUT2D eigenvalue weighted by Crippen LogP contribution is -2.07. The second kappa shape index (κ2) is 6.89. The average Bonchev–Trinajstić information content (AvgIpc) is 3.75. The van der Waals surface area contributed by atoms with E-state index in [4.69, 9.17) is 0 Å². The number of benzene rings is 2. The van der Waals surface area contributed by atoms with Crippen LogP contribution in [0.1, 0.15) is 5.56 Å². The summed E-state index contributed by atoms with van der Waals surface area (Å²) in [5, 5.41) is 0. The fourth-order valence-corrected chi connectivity index (χ4v) is 4.11. The zero-order chi connectivity index (χ0) is 23.8. The van der Waals surface area contributed by atoms with Gasteiger partial charge in [0, 0.05) is 23.5 Å². The number of hydrogen-bond donors (Lipinski definition) is 0. The first-order valence-corrected chi connectivity index (χ1v) is 10.4. The zero-order valence-electron chi connectivity index (χ0n) is 17.5. The van der Waals surface area contributed by atoms with Crippen molar-refractivity contribution >= 4 is 34.8 Å². The quantitative estimate of drug-likeness (QED) is 0.542. The van der Waals surface area contributed by atoms with Crippen molar-refractivity contribution in [1.29, 1.82) is 0 Å². The molecule has 0 spiro atoms. The predicted molar refractivity (Wildman–Crippen MR) is 117 cm³/mol. The molecule has 2 aromatic carbocycles. The molecule has 10 heteroatoms. The fourth-order valence-electron chi connectivity index (χ4n) is 4.11. The van der Waals surface area contributed by atoms with Crippen LogP contribution in [0.25, 0.3) is 22.3 Å². The van der Waals surface area contributed by atoms with Crippen LogP contribution in [0.4, 0.5) is 30.2 Å². The number of pyridine rings is 1. The van der Waals surface area contributed by atoms with Crippen molar-refractivity contribution in [2.24, 2.45) is 0 Å². The molecule has 0 N–H and O–H groups in total. The molecular formula is C24H15F3N4O3. The molecule has 6 rings (SSSR count). The van der Waals surface area contributed by atoms with E-state index in [9.17, 15) is 27.6 Å². The molecule has 3 amide bonds. The van der Waals surface area contributed by atoms with Crippen molar-refractivity contribution in [3.63, 3.8) is 0 Å². The van der Waals surface area contributed by atoms with Gasteiger partial charge in [0.2, 0.25) is 17.7 Å². The highest BCUT2D eigenvalue weighted by Gasteiger charge is 2.42. The minimum absolute atomic E-state index is 0.0336. The van der Waals surface area contributed by atoms with Crippen LogP contribution in [0.5, 0.6) is 0 Å². The zero-order valence-corrected chi connectivity index (χ0v) is 17.5. The molecule has 3 aromatic rings. The molecule has 0 aliphatic carbocycles. The van der Waals surface area contributed by atoms with Gasteiger partial charge in [-0.2, -0.15) is 13.2 Å². The minimum atomic E-state index is -4.52. The van der Waals surface area contributed by atoms with Gasteiger partial charge < -0.3 is 4.90 Å². The maximum absolute atomic E-state index is 13.4. The summed E-state index contributed by atoms with van der Waals surface area (Å²) in [6.45, 7) is 0.699. The normalized spacial score (nSPS) is 16.9. The first-order chi connectivity index (χ1) is 16.2. The third kappa shape index (κ3) is 3.38. The summed E-state index contributed by atoms with van der Waals surface area (Å²) in [5.41, 5.74) is 2.57. The summed E-state index contributed by atoms with van der Waals surface area (Å²) in [7, 11) is 0. The predicted octanol–water partition coefficient (Wildman–Crippen LogP) is 3.47. The van der Waals surface area contributed by atoms with Crippen LogP contribution in [-0.2, 0) is 20.6 Å². The number of anilines is 3. The minimum Gasteiger partial charge on any atom is -0.301 e. The van der Waals surface area contributed by atoms with Gasteiger partial charge in [-0.3, -0.25) is 29.2 Å². The lowest BCUT2D eigenvalue weighted by atomic mass is 9.96. The molecule has 1 aromatic heterocycles. The van der Waals surface area contributed by atoms with E-state index in [-0.39, 0.29) is 42.9 Å². The van der Waals surface area contributed by atoms with E-state index >= 15 is 0 Å². The van der Waals surface area contributed by atoms with E-state index < -0.39 is 11.7 Å². The number of carbonyl (C=O) groups excluding carboxylic acids is 3. The first-order valence-electron chi connectivity index (χ1n) is 10.4. The molecule has 0 bridgehead atoms. The van der Waals surface area contributed by atoms with Crippen molar-refractivity contribution in [3.05, 3.63) is 60.4 Å². The molecule has 0 unspecified atom stereocenters. The molecule has 170 valence electrons. The maximum Gasteiger partial charge on any atom is 0.417 e. The van der Waals surface area contributed by atoms with E-state index in [1.807, 2.05) is 0 Å². The Bertz CT molecular complexity index is 1400. The average molecular weight is 464 g/mol. The van der Waals surface area contributed by atoms with Crippen molar-refractivity contribution < 1.29 is 27.6 Å². The highest BCUT2D eigenvalue weighted by Crippen LogP contribution is 2.47. The van der Waals surface area contributed by atoms with Gasteiger partial charge in [-0.15, -0.1) is 0 Å². The largest absolute Gasteiger partial charge is 0.417 e. The van der Waals surface area contributed by atoms with E-state index in [0.29, 0.717) is 33.8 Å². The summed E-state index contributed by atoms with van der Waals surface area (Å²) < 4.78 is 40.3. The maximum atomic E-state index is 13.4. The lowest BCUT2D eigenvalue weighted by molar-refractivity contribution is -0.137. The molecule has 3 fully saturated rings. The number of nitrogens with zero attached hydrogens (tertiary/aromatic N) is 4. The molecule has 0 atom stereocenters. The van der Waals surface area contributed by atoms with Gasteiger partial charge in [-0.05, 0) is 29.3 Å². The van der Waals surface area contributed by atoms with Crippen LogP contribution in [0.2, 0.25) is 0 Å². The SMILES string of the molecule is O=C1CN1c1cc(N2CC2=O)c(N2CC2=O)cc1-c1ccc(-c2cnccc2C(F)(F)F)cc1. The van der Waals surface area contributed by atoms with Crippen LogP contribution < -0.4 is 14.7 Å². The van der Waals surface area contributed by atoms with Crippen LogP contribution in [0, 0.1) is 0 Å². The van der Waals surface area contributed by atoms with Crippen LogP contribution >= 0.6 is 0 Å². The summed E-state index contributed by atoms with van der Waals surface area (Å²) >= 11 is 0. The molecule has 3 aliphatic rings. The lowest BCUT2D eigenvalue weighted by Gasteiger charge is -2.18. The Hall–Kier alpha value is -4.21. The third-order valence-electron chi connectivity index (χ3n) is 6.07. The summed E-state index contributed by atoms with van der Waals surface area (Å²) in [4.78, 5) is 44.1. The van der Waals surface area contributed by atoms with Gasteiger partial charge in [-0.1, -0.05) is 24.3 Å². The second-order valence-electron chi connectivity index (χ2n) is 8.29. The molecule has 3 saturated heterocycles. The van der Waals surface area contributed by atoms with E-state index in [0.717, 1.165) is 12.3 Å². The number of hydrogen-bond acceptors (Lipinski definition) is 4. The van der Waals surface area contributed by atoms with Crippen molar-refractivity contribution in [3.8, 4) is 22.3 Å². The van der Waals surface area contributed by atoms with Gasteiger partial charge in [0.25, 0.3) is 0 Å². The smallest absolute Gasteiger partial charge is 0.301 e. The van der Waals surface area contributed by atoms with Crippen molar-refractivity contribution in [2.75, 3.05) is 34.3 Å². The molecule has 0 radical (unpaired) electrons. The number of halogens is 3. The monoisotopic (exact) mass is 464 g/mol. The highest BCUT2D eigenvalue weighted by atomic mass is 19.4. The molecule has 34 heavy (non-hydrogen) atoms. The molecule has 0 saturated carbocycles. The topological polar surface area (TPSA) is 73.1 Å². The van der Waals surface area contributed by atoms with Crippen molar-refractivity contribution in [1.82, 2.24) is 4.98 Å². The van der Waals surface area contributed by atoms with Gasteiger partial charge in [0.1, 0.15) is 19.6 Å². The van der Waals surface area contributed by atoms with Crippen LogP contribution in [0.3, 0.4) is 0 Å². The van der Waals surface area contributed by atoms with Gasteiger partial charge >= 0.3 is 6.18 Å². The van der Waals surface area contributed by atoms with E-state index in [1.165, 1.54) is 16.0 Å². The Morgan fingerprint density at radius 2 is 1.15 bits per heavy atom. The molecular weight excluding hydrogens is 449 g/mol. The van der Waals surface area contributed by atoms with Gasteiger partial charge in [-0.25, -0.2) is 0 Å². The number of aromatic nitrogens is 1. The Balaban J connectivity index is 1.45.